The van der Waals surface area contributed by atoms with Gasteiger partial charge in [-0.1, -0.05) is 20.8 Å². The Bertz CT molecular complexity index is 1250. The van der Waals surface area contributed by atoms with E-state index < -0.39 is 18.1 Å². The van der Waals surface area contributed by atoms with E-state index in [9.17, 15) is 18.0 Å². The third kappa shape index (κ3) is 5.91. The van der Waals surface area contributed by atoms with Crippen LogP contribution in [-0.4, -0.2) is 29.0 Å². The fourth-order valence-electron chi connectivity index (χ4n) is 5.34. The van der Waals surface area contributed by atoms with Gasteiger partial charge in [0.1, 0.15) is 11.6 Å². The minimum atomic E-state index is -4.78. The zero-order chi connectivity index (χ0) is 26.3. The van der Waals surface area contributed by atoms with Gasteiger partial charge in [0.25, 0.3) is 0 Å². The van der Waals surface area contributed by atoms with E-state index in [1.807, 2.05) is 4.57 Å². The van der Waals surface area contributed by atoms with Crippen LogP contribution in [0.25, 0.3) is 11.0 Å². The van der Waals surface area contributed by atoms with Gasteiger partial charge >= 0.3 is 12.3 Å². The second-order valence-corrected chi connectivity index (χ2v) is 10.3. The summed E-state index contributed by atoms with van der Waals surface area (Å²) in [6.45, 7) is 6.60. The average molecular weight is 508 g/mol. The molecule has 2 aromatic carbocycles. The number of imidazole rings is 1. The topological polar surface area (TPSA) is 65.4 Å². The van der Waals surface area contributed by atoms with E-state index >= 15 is 4.39 Å². The van der Waals surface area contributed by atoms with Crippen LogP contribution in [0.2, 0.25) is 0 Å². The summed E-state index contributed by atoms with van der Waals surface area (Å²) in [5.41, 5.74) is 1.83. The Hall–Kier alpha value is -3.30. The van der Waals surface area contributed by atoms with Crippen LogP contribution in [0, 0.1) is 17.2 Å². The lowest BCUT2D eigenvalue weighted by atomic mass is 9.70. The molecule has 1 unspecified atom stereocenters. The summed E-state index contributed by atoms with van der Waals surface area (Å²) < 4.78 is 63.2. The fourth-order valence-corrected chi connectivity index (χ4v) is 5.34. The molecule has 1 heterocycles. The molecule has 194 valence electrons. The van der Waals surface area contributed by atoms with Gasteiger partial charge in [-0.3, -0.25) is 4.79 Å². The Balaban J connectivity index is 1.75. The van der Waals surface area contributed by atoms with Gasteiger partial charge in [-0.25, -0.2) is 9.37 Å². The van der Waals surface area contributed by atoms with Crippen molar-refractivity contribution in [3.8, 4) is 5.75 Å². The minimum absolute atomic E-state index is 0.0231. The largest absolute Gasteiger partial charge is 0.573 e. The number of methoxy groups -OCH3 is 1. The lowest BCUT2D eigenvalue weighted by molar-refractivity contribution is -0.274. The van der Waals surface area contributed by atoms with Crippen molar-refractivity contribution in [1.82, 2.24) is 9.55 Å². The van der Waals surface area contributed by atoms with E-state index in [0.29, 0.717) is 28.6 Å². The normalized spacial score (nSPS) is 19.8. The highest BCUT2D eigenvalue weighted by Crippen LogP contribution is 2.46. The quantitative estimate of drug-likeness (QED) is 0.290. The van der Waals surface area contributed by atoms with Crippen LogP contribution in [0.3, 0.4) is 0 Å². The number of benzene rings is 2. The first-order chi connectivity index (χ1) is 16.8. The van der Waals surface area contributed by atoms with E-state index in [0.717, 1.165) is 19.3 Å². The molecule has 0 saturated heterocycles. The first-order valence-corrected chi connectivity index (χ1v) is 11.7. The molecule has 2 atom stereocenters. The molecule has 1 saturated carbocycles. The molecule has 1 aliphatic carbocycles. The van der Waals surface area contributed by atoms with Gasteiger partial charge < -0.3 is 19.4 Å². The van der Waals surface area contributed by atoms with Gasteiger partial charge in [0.05, 0.1) is 24.6 Å². The summed E-state index contributed by atoms with van der Waals surface area (Å²) >= 11 is 0. The first kappa shape index (κ1) is 25.8. The molecule has 36 heavy (non-hydrogen) atoms. The van der Waals surface area contributed by atoms with Gasteiger partial charge in [-0.15, -0.1) is 13.2 Å². The van der Waals surface area contributed by atoms with Crippen LogP contribution >= 0.6 is 0 Å². The molecule has 4 rings (SSSR count). The summed E-state index contributed by atoms with van der Waals surface area (Å²) in [6, 6.07) is 8.29. The zero-order valence-corrected chi connectivity index (χ0v) is 20.6. The van der Waals surface area contributed by atoms with Crippen molar-refractivity contribution in [3.63, 3.8) is 0 Å². The summed E-state index contributed by atoms with van der Waals surface area (Å²) in [6.07, 6.45) is -2.21. The summed E-state index contributed by atoms with van der Waals surface area (Å²) in [5.74, 6) is -0.545. The van der Waals surface area contributed by atoms with E-state index in [1.165, 1.54) is 37.4 Å². The number of ether oxygens (including phenoxy) is 2. The van der Waals surface area contributed by atoms with Crippen molar-refractivity contribution in [1.29, 1.82) is 0 Å². The number of hydrogen-bond acceptors (Lipinski definition) is 5. The van der Waals surface area contributed by atoms with Crippen LogP contribution in [0.5, 0.6) is 5.75 Å². The SMILES string of the molecule is COC(=O)Cc1cc2nc(Nc3ccc(OC(F)(F)F)cc3)n([C@@H]3CC(C)CC(C)(C)C3)c2cc1F. The number of nitrogens with zero attached hydrogens (tertiary/aromatic N) is 2. The molecule has 3 aromatic rings. The van der Waals surface area contributed by atoms with E-state index in [-0.39, 0.29) is 29.2 Å². The highest BCUT2D eigenvalue weighted by atomic mass is 19.4. The summed E-state index contributed by atoms with van der Waals surface area (Å²) in [4.78, 5) is 16.4. The average Bonchev–Trinajstić information content (AvgIpc) is 3.09. The third-order valence-electron chi connectivity index (χ3n) is 6.49. The molecule has 1 N–H and O–H groups in total. The summed E-state index contributed by atoms with van der Waals surface area (Å²) in [5, 5.41) is 3.18. The molecule has 1 aromatic heterocycles. The van der Waals surface area contributed by atoms with Crippen LogP contribution < -0.4 is 10.1 Å². The number of carbonyl (C=O) groups excluding carboxylic acids is 1. The van der Waals surface area contributed by atoms with Crippen LogP contribution in [-0.2, 0) is 16.0 Å². The number of anilines is 2. The third-order valence-corrected chi connectivity index (χ3v) is 6.49. The van der Waals surface area contributed by atoms with Crippen LogP contribution in [0.15, 0.2) is 36.4 Å². The van der Waals surface area contributed by atoms with E-state index in [2.05, 4.69) is 35.6 Å². The van der Waals surface area contributed by atoms with Gasteiger partial charge in [-0.05, 0) is 60.9 Å². The molecule has 10 heteroatoms. The van der Waals surface area contributed by atoms with Crippen molar-refractivity contribution in [2.75, 3.05) is 12.4 Å². The molecule has 0 spiro atoms. The van der Waals surface area contributed by atoms with Crippen LogP contribution in [0.4, 0.5) is 29.2 Å². The molecule has 6 nitrogen and oxygen atoms in total. The number of aromatic nitrogens is 2. The smallest absolute Gasteiger partial charge is 0.469 e. The van der Waals surface area contributed by atoms with Crippen molar-refractivity contribution < 1.29 is 31.8 Å². The predicted octanol–water partition coefficient (Wildman–Crippen LogP) is 6.92. The second-order valence-electron chi connectivity index (χ2n) is 10.3. The minimum Gasteiger partial charge on any atom is -0.469 e. The Kier molecular flexibility index (Phi) is 6.90. The molecule has 0 radical (unpaired) electrons. The van der Waals surface area contributed by atoms with E-state index in [4.69, 9.17) is 4.98 Å². The highest BCUT2D eigenvalue weighted by Gasteiger charge is 2.35. The van der Waals surface area contributed by atoms with Crippen molar-refractivity contribution in [3.05, 3.63) is 47.8 Å². The zero-order valence-electron chi connectivity index (χ0n) is 20.6. The number of halogens is 4. The number of esters is 1. The Labute approximate surface area is 206 Å². The number of hydrogen-bond donors (Lipinski definition) is 1. The predicted molar refractivity (Wildman–Crippen MR) is 128 cm³/mol. The molecular weight excluding hydrogens is 478 g/mol. The van der Waals surface area contributed by atoms with Gasteiger partial charge in [0, 0.05) is 23.4 Å². The molecule has 1 aliphatic rings. The Morgan fingerprint density at radius 1 is 1.19 bits per heavy atom. The number of fused-ring (bicyclic) bond motifs is 1. The molecule has 0 aliphatic heterocycles. The Morgan fingerprint density at radius 2 is 1.89 bits per heavy atom. The van der Waals surface area contributed by atoms with Crippen molar-refractivity contribution >= 4 is 28.6 Å². The summed E-state index contributed by atoms with van der Waals surface area (Å²) in [7, 11) is 1.24. The lowest BCUT2D eigenvalue weighted by Gasteiger charge is -2.40. The maximum absolute atomic E-state index is 15.0. The van der Waals surface area contributed by atoms with Gasteiger partial charge in [0.15, 0.2) is 0 Å². The van der Waals surface area contributed by atoms with Crippen LogP contribution in [0.1, 0.15) is 51.6 Å². The fraction of sp³-hybridized carbons (Fsp3) is 0.462. The number of carbonyl (C=O) groups is 1. The number of nitrogens with one attached hydrogen (secondary N) is 1. The number of alkyl halides is 3. The number of rotatable bonds is 6. The first-order valence-electron chi connectivity index (χ1n) is 11.7. The molecule has 0 bridgehead atoms. The molecule has 1 fully saturated rings. The maximum atomic E-state index is 15.0. The van der Waals surface area contributed by atoms with Crippen molar-refractivity contribution in [2.45, 2.75) is 58.9 Å². The maximum Gasteiger partial charge on any atom is 0.573 e. The standard InChI is InChI=1S/C26H29F4N3O3/c1-15-9-18(14-25(2,3)13-15)33-22-12-20(27)16(11-23(34)35-4)10-21(22)32-24(33)31-17-5-7-19(8-6-17)36-26(28,29)30/h5-8,10,12,15,18H,9,11,13-14H2,1-4H3,(H,31,32)/t15?,18-/m1/s1. The Morgan fingerprint density at radius 3 is 2.50 bits per heavy atom. The molecular formula is C26H29F4N3O3. The van der Waals surface area contributed by atoms with Gasteiger partial charge in [-0.2, -0.15) is 0 Å². The highest BCUT2D eigenvalue weighted by molar-refractivity contribution is 5.82. The molecule has 0 amide bonds. The monoisotopic (exact) mass is 507 g/mol. The lowest BCUT2D eigenvalue weighted by Crippen LogP contribution is -2.29. The van der Waals surface area contributed by atoms with Crippen molar-refractivity contribution in [2.24, 2.45) is 11.3 Å². The van der Waals surface area contributed by atoms with E-state index in [1.54, 1.807) is 6.07 Å². The van der Waals surface area contributed by atoms with Gasteiger partial charge in [0.2, 0.25) is 5.95 Å². The second kappa shape index (κ2) is 9.63.